The standard InChI is InChI=1S/C22H24S4/c23-14-1-5-16(6-2-14)25-20-10-9-18-19-11-13(22(18)20)12-21(19)26-17-7-3-15(24)4-8-17/h1-8,13,18-24H,9-12H2. The number of thioether (sulfide) groups is 2. The SMILES string of the molecule is Sc1ccc(SC2CC3CC2C2CCC(Sc4ccc(S)cc4)C32)cc1. The fraction of sp³-hybridized carbons (Fsp3) is 0.455. The average molecular weight is 417 g/mol. The molecule has 0 radical (unpaired) electrons. The lowest BCUT2D eigenvalue weighted by molar-refractivity contribution is 0.270. The Morgan fingerprint density at radius 3 is 1.85 bits per heavy atom. The van der Waals surface area contributed by atoms with Gasteiger partial charge in [0.25, 0.3) is 0 Å². The Morgan fingerprint density at radius 2 is 1.23 bits per heavy atom. The van der Waals surface area contributed by atoms with Crippen LogP contribution in [0.1, 0.15) is 25.7 Å². The molecule has 6 atom stereocenters. The summed E-state index contributed by atoms with van der Waals surface area (Å²) in [5.41, 5.74) is 0. The minimum absolute atomic E-state index is 0.829. The van der Waals surface area contributed by atoms with Crippen molar-refractivity contribution in [3.05, 3.63) is 48.5 Å². The van der Waals surface area contributed by atoms with E-state index in [0.717, 1.165) is 44.0 Å². The number of hydrogen-bond acceptors (Lipinski definition) is 4. The van der Waals surface area contributed by atoms with Gasteiger partial charge in [0.1, 0.15) is 0 Å². The van der Waals surface area contributed by atoms with Crippen molar-refractivity contribution in [1.82, 2.24) is 0 Å². The van der Waals surface area contributed by atoms with E-state index in [-0.39, 0.29) is 0 Å². The van der Waals surface area contributed by atoms with Crippen molar-refractivity contribution in [3.63, 3.8) is 0 Å². The molecule has 0 heterocycles. The summed E-state index contributed by atoms with van der Waals surface area (Å²) in [5.74, 6) is 3.82. The third-order valence-electron chi connectivity index (χ3n) is 6.64. The first-order chi connectivity index (χ1) is 12.7. The highest BCUT2D eigenvalue weighted by Crippen LogP contribution is 2.64. The Morgan fingerprint density at radius 1 is 0.654 bits per heavy atom. The van der Waals surface area contributed by atoms with Gasteiger partial charge in [-0.3, -0.25) is 0 Å². The van der Waals surface area contributed by atoms with Gasteiger partial charge in [-0.25, -0.2) is 0 Å². The van der Waals surface area contributed by atoms with Gasteiger partial charge >= 0.3 is 0 Å². The van der Waals surface area contributed by atoms with Crippen LogP contribution in [0.15, 0.2) is 68.1 Å². The predicted octanol–water partition coefficient (Wildman–Crippen LogP) is 6.95. The van der Waals surface area contributed by atoms with Gasteiger partial charge in [0.05, 0.1) is 0 Å². The van der Waals surface area contributed by atoms with E-state index in [4.69, 9.17) is 0 Å². The largest absolute Gasteiger partial charge is 0.143 e. The van der Waals surface area contributed by atoms with Crippen molar-refractivity contribution >= 4 is 48.8 Å². The first-order valence-corrected chi connectivity index (χ1v) is 12.2. The predicted molar refractivity (Wildman–Crippen MR) is 119 cm³/mol. The molecule has 4 heteroatoms. The highest BCUT2D eigenvalue weighted by atomic mass is 32.2. The molecule has 0 nitrogen and oxygen atoms in total. The summed E-state index contributed by atoms with van der Waals surface area (Å²) in [5, 5.41) is 1.66. The van der Waals surface area contributed by atoms with Crippen molar-refractivity contribution in [2.75, 3.05) is 0 Å². The van der Waals surface area contributed by atoms with Gasteiger partial charge in [-0.15, -0.1) is 48.8 Å². The first-order valence-electron chi connectivity index (χ1n) is 9.59. The quantitative estimate of drug-likeness (QED) is 0.517. The summed E-state index contributed by atoms with van der Waals surface area (Å²) >= 11 is 13.1. The second-order valence-corrected chi connectivity index (χ2v) is 11.7. The monoisotopic (exact) mass is 416 g/mol. The molecule has 2 bridgehead atoms. The summed E-state index contributed by atoms with van der Waals surface area (Å²) in [6, 6.07) is 17.5. The molecule has 0 amide bonds. The summed E-state index contributed by atoms with van der Waals surface area (Å²) < 4.78 is 0. The Labute approximate surface area is 176 Å². The molecule has 3 saturated carbocycles. The molecular formula is C22H24S4. The van der Waals surface area contributed by atoms with E-state index >= 15 is 0 Å². The molecule has 3 fully saturated rings. The molecule has 2 aromatic rings. The van der Waals surface area contributed by atoms with Gasteiger partial charge in [0.2, 0.25) is 0 Å². The third-order valence-corrected chi connectivity index (χ3v) is 10.0. The first kappa shape index (κ1) is 17.9. The molecule has 26 heavy (non-hydrogen) atoms. The maximum Gasteiger partial charge on any atom is 0.0128 e. The third kappa shape index (κ3) is 3.36. The lowest BCUT2D eigenvalue weighted by Crippen LogP contribution is -2.29. The lowest BCUT2D eigenvalue weighted by atomic mass is 9.81. The van der Waals surface area contributed by atoms with Crippen molar-refractivity contribution in [2.24, 2.45) is 23.7 Å². The maximum absolute atomic E-state index is 4.42. The highest BCUT2D eigenvalue weighted by molar-refractivity contribution is 8.00. The van der Waals surface area contributed by atoms with Crippen molar-refractivity contribution in [2.45, 2.75) is 55.8 Å². The second-order valence-electron chi connectivity index (χ2n) is 8.01. The van der Waals surface area contributed by atoms with Crippen LogP contribution in [0.3, 0.4) is 0 Å². The van der Waals surface area contributed by atoms with Gasteiger partial charge < -0.3 is 0 Å². The molecule has 0 spiro atoms. The average Bonchev–Trinajstić information content (AvgIpc) is 3.32. The Bertz CT molecular complexity index is 770. The number of rotatable bonds is 4. The van der Waals surface area contributed by atoms with Crippen LogP contribution in [0.5, 0.6) is 0 Å². The van der Waals surface area contributed by atoms with E-state index in [9.17, 15) is 0 Å². The van der Waals surface area contributed by atoms with Gasteiger partial charge in [0.15, 0.2) is 0 Å². The Balaban J connectivity index is 1.26. The Hall–Kier alpha value is -0.160. The maximum atomic E-state index is 4.42. The number of thiol groups is 2. The smallest absolute Gasteiger partial charge is 0.0128 e. The van der Waals surface area contributed by atoms with Crippen LogP contribution >= 0.6 is 48.8 Å². The van der Waals surface area contributed by atoms with Gasteiger partial charge in [0, 0.05) is 30.1 Å². The zero-order chi connectivity index (χ0) is 17.7. The van der Waals surface area contributed by atoms with Crippen LogP contribution in [-0.4, -0.2) is 10.5 Å². The van der Waals surface area contributed by atoms with E-state index in [1.807, 2.05) is 0 Å². The van der Waals surface area contributed by atoms with Crippen LogP contribution in [0.4, 0.5) is 0 Å². The minimum atomic E-state index is 0.829. The van der Waals surface area contributed by atoms with E-state index in [2.05, 4.69) is 97.3 Å². The topological polar surface area (TPSA) is 0 Å². The molecule has 2 aromatic carbocycles. The minimum Gasteiger partial charge on any atom is -0.143 e. The molecule has 0 aromatic heterocycles. The van der Waals surface area contributed by atoms with E-state index < -0.39 is 0 Å². The van der Waals surface area contributed by atoms with Gasteiger partial charge in [-0.2, -0.15) is 0 Å². The van der Waals surface area contributed by atoms with Crippen molar-refractivity contribution in [3.8, 4) is 0 Å². The van der Waals surface area contributed by atoms with Crippen molar-refractivity contribution < 1.29 is 0 Å². The fourth-order valence-electron chi connectivity index (χ4n) is 5.68. The molecule has 0 saturated heterocycles. The molecule has 136 valence electrons. The van der Waals surface area contributed by atoms with Crippen LogP contribution in [0, 0.1) is 23.7 Å². The normalized spacial score (nSPS) is 35.0. The number of fused-ring (bicyclic) bond motifs is 5. The van der Waals surface area contributed by atoms with E-state index in [1.165, 1.54) is 35.5 Å². The zero-order valence-electron chi connectivity index (χ0n) is 14.6. The van der Waals surface area contributed by atoms with Crippen LogP contribution in [0.25, 0.3) is 0 Å². The molecule has 3 aliphatic carbocycles. The molecule has 0 aliphatic heterocycles. The van der Waals surface area contributed by atoms with Crippen molar-refractivity contribution in [1.29, 1.82) is 0 Å². The van der Waals surface area contributed by atoms with Crippen LogP contribution < -0.4 is 0 Å². The molecule has 3 aliphatic rings. The molecule has 5 rings (SSSR count). The zero-order valence-corrected chi connectivity index (χ0v) is 18.0. The number of hydrogen-bond donors (Lipinski definition) is 2. The van der Waals surface area contributed by atoms with Crippen LogP contribution in [0.2, 0.25) is 0 Å². The Kier molecular flexibility index (Phi) is 5.06. The summed E-state index contributed by atoms with van der Waals surface area (Å²) in [6.45, 7) is 0. The van der Waals surface area contributed by atoms with E-state index in [0.29, 0.717) is 0 Å². The summed E-state index contributed by atoms with van der Waals surface area (Å²) in [4.78, 5) is 4.97. The summed E-state index contributed by atoms with van der Waals surface area (Å²) in [6.07, 6.45) is 5.75. The van der Waals surface area contributed by atoms with Gasteiger partial charge in [-0.1, -0.05) is 0 Å². The van der Waals surface area contributed by atoms with Gasteiger partial charge in [-0.05, 0) is 97.9 Å². The molecule has 6 unspecified atom stereocenters. The fourth-order valence-corrected chi connectivity index (χ4v) is 8.93. The summed E-state index contributed by atoms with van der Waals surface area (Å²) in [7, 11) is 0. The molecular weight excluding hydrogens is 393 g/mol. The lowest BCUT2D eigenvalue weighted by Gasteiger charge is -2.33. The number of benzene rings is 2. The van der Waals surface area contributed by atoms with E-state index in [1.54, 1.807) is 0 Å². The molecule has 0 N–H and O–H groups in total. The van der Waals surface area contributed by atoms with Crippen LogP contribution in [-0.2, 0) is 0 Å². The highest BCUT2D eigenvalue weighted by Gasteiger charge is 2.57. The second kappa shape index (κ2) is 7.35.